The Morgan fingerprint density at radius 1 is 1.28 bits per heavy atom. The van der Waals surface area contributed by atoms with Gasteiger partial charge >= 0.3 is 0 Å². The van der Waals surface area contributed by atoms with E-state index in [-0.39, 0.29) is 53.4 Å². The molecule has 0 bridgehead atoms. The van der Waals surface area contributed by atoms with Gasteiger partial charge in [-0.3, -0.25) is 4.79 Å². The summed E-state index contributed by atoms with van der Waals surface area (Å²) in [6.45, 7) is 5.12. The molecule has 0 unspecified atom stereocenters. The summed E-state index contributed by atoms with van der Waals surface area (Å²) in [5, 5.41) is 15.7. The quantitative estimate of drug-likeness (QED) is 0.206. The van der Waals surface area contributed by atoms with Crippen LogP contribution in [0.25, 0.3) is 0 Å². The third kappa shape index (κ3) is 7.59. The van der Waals surface area contributed by atoms with E-state index in [1.54, 1.807) is 0 Å². The zero-order chi connectivity index (χ0) is 28.7. The second-order valence-electron chi connectivity index (χ2n) is 9.73. The lowest BCUT2D eigenvalue weighted by molar-refractivity contribution is 0.103. The monoisotopic (exact) mass is 570 g/mol. The number of nitrogens with zero attached hydrogens (tertiary/aromatic N) is 3. The third-order valence-corrected chi connectivity index (χ3v) is 8.69. The molecular weight excluding hydrogens is 534 g/mol. The van der Waals surface area contributed by atoms with Gasteiger partial charge in [-0.2, -0.15) is 4.98 Å². The molecule has 1 aliphatic rings. The van der Waals surface area contributed by atoms with Gasteiger partial charge in [-0.05, 0) is 43.9 Å². The fraction of sp³-hybridized carbons (Fsp3) is 0.560. The highest BCUT2D eigenvalue weighted by Gasteiger charge is 2.29. The highest BCUT2D eigenvalue weighted by Crippen LogP contribution is 2.28. The van der Waals surface area contributed by atoms with Gasteiger partial charge in [-0.15, -0.1) is 0 Å². The normalized spacial score (nSPS) is 15.9. The van der Waals surface area contributed by atoms with Crippen LogP contribution in [-0.4, -0.2) is 84.8 Å². The van der Waals surface area contributed by atoms with E-state index in [0.29, 0.717) is 38.9 Å². The number of nitrogens with one attached hydrogen (secondary N) is 2. The summed E-state index contributed by atoms with van der Waals surface area (Å²) in [4.78, 5) is 21.1. The number of hydrogen-bond acceptors (Lipinski definition) is 10. The highest BCUT2D eigenvalue weighted by molar-refractivity contribution is 7.89. The van der Waals surface area contributed by atoms with Gasteiger partial charge in [-0.1, -0.05) is 13.8 Å². The van der Waals surface area contributed by atoms with Crippen LogP contribution in [0.3, 0.4) is 0 Å². The number of halogens is 2. The first kappa shape index (κ1) is 30.6. The van der Waals surface area contributed by atoms with Crippen molar-refractivity contribution >= 4 is 27.6 Å². The second kappa shape index (κ2) is 13.4. The van der Waals surface area contributed by atoms with E-state index in [9.17, 15) is 27.1 Å². The van der Waals surface area contributed by atoms with Crippen molar-refractivity contribution in [2.24, 2.45) is 5.92 Å². The Bertz CT molecular complexity index is 1260. The van der Waals surface area contributed by atoms with E-state index in [0.717, 1.165) is 18.3 Å². The van der Waals surface area contributed by atoms with Crippen molar-refractivity contribution in [3.8, 4) is 5.75 Å². The number of methoxy groups -OCH3 is 1. The van der Waals surface area contributed by atoms with E-state index in [4.69, 9.17) is 10.5 Å². The SMILES string of the molecule is COc1ccc(F)c(F)c1C(=O)c1cnc(NC2CCN(S(=O)(=O)CCCN[C@@H](CO)C(C)C)CC2)nc1N. The molecule has 1 atom stereocenters. The molecule has 0 spiro atoms. The second-order valence-corrected chi connectivity index (χ2v) is 11.8. The number of sulfonamides is 1. The molecule has 11 nitrogen and oxygen atoms in total. The molecule has 1 aromatic carbocycles. The molecule has 1 saturated heterocycles. The summed E-state index contributed by atoms with van der Waals surface area (Å²) in [6.07, 6.45) is 2.58. The van der Waals surface area contributed by atoms with E-state index in [1.807, 2.05) is 13.8 Å². The number of carbonyl (C=O) groups excluding carboxylic acids is 1. The number of anilines is 2. The molecule has 2 heterocycles. The molecule has 5 N–H and O–H groups in total. The Kier molecular flexibility index (Phi) is 10.5. The molecule has 1 aromatic heterocycles. The lowest BCUT2D eigenvalue weighted by Crippen LogP contribution is -2.44. The molecule has 39 heavy (non-hydrogen) atoms. The van der Waals surface area contributed by atoms with Crippen molar-refractivity contribution in [2.75, 3.05) is 50.2 Å². The summed E-state index contributed by atoms with van der Waals surface area (Å²) in [6, 6.07) is 1.80. The molecule has 0 amide bonds. The summed E-state index contributed by atoms with van der Waals surface area (Å²) in [7, 11) is -2.19. The predicted octanol–water partition coefficient (Wildman–Crippen LogP) is 1.78. The van der Waals surface area contributed by atoms with Crippen LogP contribution in [0.1, 0.15) is 49.0 Å². The third-order valence-electron chi connectivity index (χ3n) is 6.73. The first-order chi connectivity index (χ1) is 18.5. The molecule has 3 rings (SSSR count). The van der Waals surface area contributed by atoms with Crippen molar-refractivity contribution in [1.29, 1.82) is 0 Å². The van der Waals surface area contributed by atoms with Crippen LogP contribution in [0.2, 0.25) is 0 Å². The van der Waals surface area contributed by atoms with Crippen molar-refractivity contribution in [3.63, 3.8) is 0 Å². The van der Waals surface area contributed by atoms with Gasteiger partial charge in [0, 0.05) is 31.4 Å². The van der Waals surface area contributed by atoms with Crippen molar-refractivity contribution < 1.29 is 31.8 Å². The number of aliphatic hydroxyl groups is 1. The number of benzene rings is 1. The average Bonchev–Trinajstić information content (AvgIpc) is 2.90. The van der Waals surface area contributed by atoms with Gasteiger partial charge in [0.05, 0.1) is 25.0 Å². The fourth-order valence-corrected chi connectivity index (χ4v) is 5.87. The Morgan fingerprint density at radius 2 is 1.97 bits per heavy atom. The molecule has 0 aliphatic carbocycles. The number of piperidine rings is 1. The van der Waals surface area contributed by atoms with Crippen LogP contribution in [0, 0.1) is 17.6 Å². The predicted molar refractivity (Wildman–Crippen MR) is 143 cm³/mol. The number of ketones is 1. The molecular formula is C25H36F2N6O5S. The number of rotatable bonds is 13. The minimum absolute atomic E-state index is 0.000361. The largest absolute Gasteiger partial charge is 0.496 e. The van der Waals surface area contributed by atoms with Crippen LogP contribution < -0.4 is 21.1 Å². The van der Waals surface area contributed by atoms with Gasteiger partial charge in [0.25, 0.3) is 0 Å². The lowest BCUT2D eigenvalue weighted by atomic mass is 10.0. The zero-order valence-electron chi connectivity index (χ0n) is 22.3. The van der Waals surface area contributed by atoms with Gasteiger partial charge in [-0.25, -0.2) is 26.5 Å². The summed E-state index contributed by atoms with van der Waals surface area (Å²) < 4.78 is 60.0. The molecule has 216 valence electrons. The highest BCUT2D eigenvalue weighted by atomic mass is 32.2. The smallest absolute Gasteiger partial charge is 0.224 e. The maximum absolute atomic E-state index is 14.4. The maximum atomic E-state index is 14.4. The Labute approximate surface area is 227 Å². The van der Waals surface area contributed by atoms with Crippen molar-refractivity contribution in [3.05, 3.63) is 41.1 Å². The van der Waals surface area contributed by atoms with E-state index in [1.165, 1.54) is 11.4 Å². The summed E-state index contributed by atoms with van der Waals surface area (Å²) in [5.74, 6) is -3.47. The van der Waals surface area contributed by atoms with Crippen LogP contribution in [-0.2, 0) is 10.0 Å². The number of hydrogen-bond donors (Lipinski definition) is 4. The van der Waals surface area contributed by atoms with Gasteiger partial charge in [0.15, 0.2) is 11.6 Å². The Balaban J connectivity index is 1.55. The molecule has 0 radical (unpaired) electrons. The zero-order valence-corrected chi connectivity index (χ0v) is 23.1. The number of nitrogen functional groups attached to an aromatic ring is 1. The molecule has 1 fully saturated rings. The topological polar surface area (TPSA) is 160 Å². The number of nitrogens with two attached hydrogens (primary N) is 1. The summed E-state index contributed by atoms with van der Waals surface area (Å²) in [5.41, 5.74) is 5.13. The minimum Gasteiger partial charge on any atom is -0.496 e. The summed E-state index contributed by atoms with van der Waals surface area (Å²) >= 11 is 0. The number of ether oxygens (including phenoxy) is 1. The van der Waals surface area contributed by atoms with Gasteiger partial charge in [0.2, 0.25) is 21.8 Å². The van der Waals surface area contributed by atoms with Crippen molar-refractivity contribution in [1.82, 2.24) is 19.6 Å². The van der Waals surface area contributed by atoms with E-state index >= 15 is 0 Å². The van der Waals surface area contributed by atoms with Crippen LogP contribution >= 0.6 is 0 Å². The van der Waals surface area contributed by atoms with Crippen LogP contribution in [0.4, 0.5) is 20.5 Å². The number of aromatic nitrogens is 2. The fourth-order valence-electron chi connectivity index (χ4n) is 4.33. The first-order valence-corrected chi connectivity index (χ1v) is 14.4. The van der Waals surface area contributed by atoms with Crippen LogP contribution in [0.5, 0.6) is 5.75 Å². The Morgan fingerprint density at radius 3 is 2.56 bits per heavy atom. The first-order valence-electron chi connectivity index (χ1n) is 12.8. The van der Waals surface area contributed by atoms with E-state index in [2.05, 4.69) is 20.6 Å². The van der Waals surface area contributed by atoms with E-state index < -0.39 is 33.0 Å². The average molecular weight is 571 g/mol. The molecule has 14 heteroatoms. The lowest BCUT2D eigenvalue weighted by Gasteiger charge is -2.31. The molecule has 1 aliphatic heterocycles. The molecule has 2 aromatic rings. The van der Waals surface area contributed by atoms with Gasteiger partial charge in [0.1, 0.15) is 17.1 Å². The number of aliphatic hydroxyl groups excluding tert-OH is 1. The van der Waals surface area contributed by atoms with Crippen LogP contribution in [0.15, 0.2) is 18.3 Å². The Hall–Kier alpha value is -2.94. The molecule has 0 saturated carbocycles. The maximum Gasteiger partial charge on any atom is 0.224 e. The number of carbonyl (C=O) groups is 1. The van der Waals surface area contributed by atoms with Crippen molar-refractivity contribution in [2.45, 2.75) is 45.2 Å². The minimum atomic E-state index is -3.42. The standard InChI is InChI=1S/C25H36F2N6O5S/c1-15(2)19(14-34)29-9-4-12-39(36,37)33-10-7-16(8-11-33)31-25-30-13-17(24(28)32-25)23(35)21-20(38-3)6-5-18(26)22(21)27/h5-6,13,15-16,19,29,34H,4,7-12,14H2,1-3H3,(H3,28,30,31,32)/t19-/m0/s1. The van der Waals surface area contributed by atoms with Gasteiger partial charge < -0.3 is 26.2 Å².